The molecule has 7 heteroatoms. The van der Waals surface area contributed by atoms with Gasteiger partial charge in [0.25, 0.3) is 5.69 Å². The van der Waals surface area contributed by atoms with Crippen molar-refractivity contribution >= 4 is 34.9 Å². The third kappa shape index (κ3) is 3.57. The summed E-state index contributed by atoms with van der Waals surface area (Å²) in [6, 6.07) is 2.55. The first-order chi connectivity index (χ1) is 7.95. The normalized spacial score (nSPS) is 10.1. The fourth-order valence-electron chi connectivity index (χ4n) is 1.26. The van der Waals surface area contributed by atoms with E-state index < -0.39 is 10.9 Å². The second-order valence-electron chi connectivity index (χ2n) is 3.14. The van der Waals surface area contributed by atoms with Crippen LogP contribution >= 0.6 is 23.2 Å². The Morgan fingerprint density at radius 3 is 2.65 bits per heavy atom. The Morgan fingerprint density at radius 1 is 1.47 bits per heavy atom. The molecule has 1 rings (SSSR count). The average molecular weight is 278 g/mol. The standard InChI is InChI=1S/C10H9Cl2NO4/c1-2-17-9(14)4-6-3-7(11)5-8(10(6)12)13(15)16/h3,5H,2,4H2,1H3. The molecule has 1 aromatic rings. The first-order valence-electron chi connectivity index (χ1n) is 4.73. The van der Waals surface area contributed by atoms with E-state index >= 15 is 0 Å². The van der Waals surface area contributed by atoms with E-state index in [4.69, 9.17) is 27.9 Å². The van der Waals surface area contributed by atoms with E-state index in [1.54, 1.807) is 6.92 Å². The number of nitro groups is 1. The number of carbonyl (C=O) groups is 1. The van der Waals surface area contributed by atoms with Gasteiger partial charge >= 0.3 is 5.97 Å². The number of nitro benzene ring substituents is 1. The van der Waals surface area contributed by atoms with E-state index in [2.05, 4.69) is 0 Å². The summed E-state index contributed by atoms with van der Waals surface area (Å²) in [5, 5.41) is 10.7. The molecule has 0 amide bonds. The predicted octanol–water partition coefficient (Wildman–Crippen LogP) is 3.01. The summed E-state index contributed by atoms with van der Waals surface area (Å²) in [4.78, 5) is 21.3. The Bertz CT molecular complexity index is 462. The van der Waals surface area contributed by atoms with Crippen molar-refractivity contribution in [2.75, 3.05) is 6.61 Å². The SMILES string of the molecule is CCOC(=O)Cc1cc(Cl)cc([N+](=O)[O-])c1Cl. The molecule has 5 nitrogen and oxygen atoms in total. The van der Waals surface area contributed by atoms with Gasteiger partial charge in [0, 0.05) is 11.1 Å². The quantitative estimate of drug-likeness (QED) is 0.482. The molecule has 0 radical (unpaired) electrons. The van der Waals surface area contributed by atoms with Gasteiger partial charge < -0.3 is 4.74 Å². The molecule has 92 valence electrons. The van der Waals surface area contributed by atoms with Crippen LogP contribution in [0.25, 0.3) is 0 Å². The molecule has 0 aliphatic carbocycles. The molecule has 0 bridgehead atoms. The molecule has 0 aliphatic rings. The zero-order valence-electron chi connectivity index (χ0n) is 8.91. The Balaban J connectivity index is 3.07. The van der Waals surface area contributed by atoms with E-state index in [-0.39, 0.29) is 34.3 Å². The highest BCUT2D eigenvalue weighted by molar-refractivity contribution is 6.35. The first kappa shape index (κ1) is 13.7. The van der Waals surface area contributed by atoms with Crippen LogP contribution in [0.15, 0.2) is 12.1 Å². The fourth-order valence-corrected chi connectivity index (χ4v) is 1.74. The number of hydrogen-bond donors (Lipinski definition) is 0. The molecule has 0 aliphatic heterocycles. The molecule has 0 spiro atoms. The van der Waals surface area contributed by atoms with Gasteiger partial charge in [0.1, 0.15) is 5.02 Å². The molecule has 0 aromatic heterocycles. The number of ether oxygens (including phenoxy) is 1. The van der Waals surface area contributed by atoms with Crippen molar-refractivity contribution in [3.63, 3.8) is 0 Å². The van der Waals surface area contributed by atoms with Crippen molar-refractivity contribution in [3.05, 3.63) is 37.9 Å². The van der Waals surface area contributed by atoms with Gasteiger partial charge in [0.05, 0.1) is 18.0 Å². The molecule has 0 unspecified atom stereocenters. The monoisotopic (exact) mass is 277 g/mol. The van der Waals surface area contributed by atoms with Gasteiger partial charge in [0.15, 0.2) is 0 Å². The lowest BCUT2D eigenvalue weighted by Crippen LogP contribution is -2.08. The predicted molar refractivity (Wildman–Crippen MR) is 63.5 cm³/mol. The van der Waals surface area contributed by atoms with Crippen LogP contribution in [0.2, 0.25) is 10.0 Å². The molecule has 0 heterocycles. The summed E-state index contributed by atoms with van der Waals surface area (Å²) in [7, 11) is 0. The van der Waals surface area contributed by atoms with E-state index in [9.17, 15) is 14.9 Å². The number of rotatable bonds is 4. The number of halogens is 2. The van der Waals surface area contributed by atoms with Crippen molar-refractivity contribution < 1.29 is 14.5 Å². The van der Waals surface area contributed by atoms with Gasteiger partial charge in [0.2, 0.25) is 0 Å². The lowest BCUT2D eigenvalue weighted by atomic mass is 10.1. The van der Waals surface area contributed by atoms with E-state index in [0.29, 0.717) is 0 Å². The summed E-state index contributed by atoms with van der Waals surface area (Å²) < 4.78 is 4.73. The number of nitrogens with zero attached hydrogens (tertiary/aromatic N) is 1. The minimum absolute atomic E-state index is 0.0903. The lowest BCUT2D eigenvalue weighted by Gasteiger charge is -2.05. The zero-order chi connectivity index (χ0) is 13.0. The topological polar surface area (TPSA) is 69.4 Å². The molecule has 0 atom stereocenters. The Labute approximate surface area is 107 Å². The number of hydrogen-bond acceptors (Lipinski definition) is 4. The molecular weight excluding hydrogens is 269 g/mol. The minimum atomic E-state index is -0.650. The zero-order valence-corrected chi connectivity index (χ0v) is 10.4. The molecule has 0 N–H and O–H groups in total. The summed E-state index contributed by atoms with van der Waals surface area (Å²) in [6.45, 7) is 1.90. The third-order valence-corrected chi connectivity index (χ3v) is 2.58. The fraction of sp³-hybridized carbons (Fsp3) is 0.300. The van der Waals surface area contributed by atoms with E-state index in [1.807, 2.05) is 0 Å². The van der Waals surface area contributed by atoms with Crippen LogP contribution < -0.4 is 0 Å². The van der Waals surface area contributed by atoms with Crippen molar-refractivity contribution in [1.82, 2.24) is 0 Å². The Kier molecular flexibility index (Phi) is 4.72. The van der Waals surface area contributed by atoms with E-state index in [0.717, 1.165) is 6.07 Å². The minimum Gasteiger partial charge on any atom is -0.466 e. The number of benzene rings is 1. The second-order valence-corrected chi connectivity index (χ2v) is 3.95. The molecule has 0 saturated carbocycles. The van der Waals surface area contributed by atoms with Crippen molar-refractivity contribution in [1.29, 1.82) is 0 Å². The van der Waals surface area contributed by atoms with Gasteiger partial charge in [-0.3, -0.25) is 14.9 Å². The highest BCUT2D eigenvalue weighted by atomic mass is 35.5. The van der Waals surface area contributed by atoms with Crippen LogP contribution in [0.1, 0.15) is 12.5 Å². The second kappa shape index (κ2) is 5.84. The molecule has 0 saturated heterocycles. The summed E-state index contributed by atoms with van der Waals surface area (Å²) in [5.41, 5.74) is -0.0391. The van der Waals surface area contributed by atoms with Gasteiger partial charge in [-0.15, -0.1) is 0 Å². The average Bonchev–Trinajstić information content (AvgIpc) is 2.22. The van der Waals surface area contributed by atoms with E-state index in [1.165, 1.54) is 6.07 Å². The van der Waals surface area contributed by atoms with Gasteiger partial charge in [-0.25, -0.2) is 0 Å². The van der Waals surface area contributed by atoms with Crippen LogP contribution in [0, 0.1) is 10.1 Å². The van der Waals surface area contributed by atoms with Crippen molar-refractivity contribution in [3.8, 4) is 0 Å². The van der Waals surface area contributed by atoms with Gasteiger partial charge in [-0.2, -0.15) is 0 Å². The smallest absolute Gasteiger partial charge is 0.310 e. The molecule has 1 aromatic carbocycles. The van der Waals surface area contributed by atoms with Gasteiger partial charge in [-0.05, 0) is 18.6 Å². The number of carbonyl (C=O) groups excluding carboxylic acids is 1. The van der Waals surface area contributed by atoms with Crippen LogP contribution in [0.4, 0.5) is 5.69 Å². The summed E-state index contributed by atoms with van der Waals surface area (Å²) >= 11 is 11.5. The molecular formula is C10H9Cl2NO4. The number of esters is 1. The third-order valence-electron chi connectivity index (χ3n) is 1.93. The highest BCUT2D eigenvalue weighted by Crippen LogP contribution is 2.32. The Morgan fingerprint density at radius 2 is 2.12 bits per heavy atom. The Hall–Kier alpha value is -1.33. The van der Waals surface area contributed by atoms with Crippen LogP contribution in [-0.4, -0.2) is 17.5 Å². The van der Waals surface area contributed by atoms with Crippen LogP contribution in [0.5, 0.6) is 0 Å². The first-order valence-corrected chi connectivity index (χ1v) is 5.49. The lowest BCUT2D eigenvalue weighted by molar-refractivity contribution is -0.384. The molecule has 0 fully saturated rings. The van der Waals surface area contributed by atoms with Crippen molar-refractivity contribution in [2.24, 2.45) is 0 Å². The van der Waals surface area contributed by atoms with Gasteiger partial charge in [-0.1, -0.05) is 23.2 Å². The summed E-state index contributed by atoms with van der Waals surface area (Å²) in [5.74, 6) is -0.508. The van der Waals surface area contributed by atoms with Crippen LogP contribution in [-0.2, 0) is 16.0 Å². The maximum absolute atomic E-state index is 11.3. The summed E-state index contributed by atoms with van der Waals surface area (Å²) in [6.07, 6.45) is -0.145. The van der Waals surface area contributed by atoms with Crippen molar-refractivity contribution in [2.45, 2.75) is 13.3 Å². The maximum atomic E-state index is 11.3. The van der Waals surface area contributed by atoms with Crippen LogP contribution in [0.3, 0.4) is 0 Å². The maximum Gasteiger partial charge on any atom is 0.310 e. The largest absolute Gasteiger partial charge is 0.466 e. The molecule has 17 heavy (non-hydrogen) atoms. The highest BCUT2D eigenvalue weighted by Gasteiger charge is 2.19.